The Morgan fingerprint density at radius 1 is 1.27 bits per heavy atom. The van der Waals surface area contributed by atoms with Crippen molar-refractivity contribution < 1.29 is 9.13 Å². The van der Waals surface area contributed by atoms with Gasteiger partial charge < -0.3 is 10.1 Å². The number of unbranched alkanes of at least 4 members (excludes halogenated alkanes) is 1. The number of halogens is 3. The van der Waals surface area contributed by atoms with E-state index < -0.39 is 0 Å². The maximum absolute atomic E-state index is 13.6. The molecule has 3 nitrogen and oxygen atoms in total. The molecular weight excluding hydrogens is 326 g/mol. The molecule has 1 fully saturated rings. The number of piperazine rings is 1. The zero-order valence-corrected chi connectivity index (χ0v) is 14.9. The number of hydrogen-bond donors (Lipinski definition) is 1. The third kappa shape index (κ3) is 5.58. The highest BCUT2D eigenvalue weighted by atomic mass is 35.5. The summed E-state index contributed by atoms with van der Waals surface area (Å²) in [6.07, 6.45) is 3.49. The molecule has 22 heavy (non-hydrogen) atoms. The summed E-state index contributed by atoms with van der Waals surface area (Å²) in [5.74, 6) is 0.0601. The standard InChI is InChI=1S/C16H25FN2O.2ClH/c1-3-4-5-15(19-10-8-18-9-11-19)13-6-7-14(17)16(12-13)20-2;;/h6-7,12,15,18H,3-5,8-11H2,1-2H3;2*1H/t15-;;/m0../s1. The molecule has 0 radical (unpaired) electrons. The van der Waals surface area contributed by atoms with Crippen LogP contribution in [0.3, 0.4) is 0 Å². The largest absolute Gasteiger partial charge is 0.494 e. The monoisotopic (exact) mass is 352 g/mol. The molecule has 1 aliphatic rings. The van der Waals surface area contributed by atoms with Crippen LogP contribution in [0, 0.1) is 5.82 Å². The highest BCUT2D eigenvalue weighted by Gasteiger charge is 2.22. The lowest BCUT2D eigenvalue weighted by molar-refractivity contribution is 0.163. The van der Waals surface area contributed by atoms with E-state index >= 15 is 0 Å². The second-order valence-electron chi connectivity index (χ2n) is 5.34. The first-order chi connectivity index (χ1) is 9.76. The van der Waals surface area contributed by atoms with Crippen molar-refractivity contribution in [2.45, 2.75) is 32.2 Å². The molecule has 1 N–H and O–H groups in total. The molecule has 6 heteroatoms. The van der Waals surface area contributed by atoms with E-state index in [1.165, 1.54) is 31.6 Å². The topological polar surface area (TPSA) is 24.5 Å². The summed E-state index contributed by atoms with van der Waals surface area (Å²) >= 11 is 0. The van der Waals surface area contributed by atoms with E-state index in [4.69, 9.17) is 4.74 Å². The van der Waals surface area contributed by atoms with Crippen LogP contribution >= 0.6 is 24.8 Å². The van der Waals surface area contributed by atoms with Crippen LogP contribution in [0.2, 0.25) is 0 Å². The van der Waals surface area contributed by atoms with Gasteiger partial charge in [0.05, 0.1) is 7.11 Å². The Morgan fingerprint density at radius 2 is 1.95 bits per heavy atom. The molecule has 1 atom stereocenters. The maximum atomic E-state index is 13.6. The Morgan fingerprint density at radius 3 is 2.55 bits per heavy atom. The van der Waals surface area contributed by atoms with Gasteiger partial charge in [0.2, 0.25) is 0 Å². The van der Waals surface area contributed by atoms with Crippen molar-refractivity contribution in [2.24, 2.45) is 0 Å². The number of ether oxygens (including phenoxy) is 1. The molecule has 0 amide bonds. The van der Waals surface area contributed by atoms with Gasteiger partial charge in [-0.2, -0.15) is 0 Å². The Bertz CT molecular complexity index is 429. The summed E-state index contributed by atoms with van der Waals surface area (Å²) in [7, 11) is 1.52. The van der Waals surface area contributed by atoms with Crippen molar-refractivity contribution in [2.75, 3.05) is 33.3 Å². The van der Waals surface area contributed by atoms with E-state index in [9.17, 15) is 4.39 Å². The van der Waals surface area contributed by atoms with Gasteiger partial charge in [0.15, 0.2) is 11.6 Å². The number of nitrogens with one attached hydrogen (secondary N) is 1. The molecule has 0 spiro atoms. The second kappa shape index (κ2) is 11.1. The second-order valence-corrected chi connectivity index (χ2v) is 5.34. The fourth-order valence-electron chi connectivity index (χ4n) is 2.83. The number of nitrogens with zero attached hydrogens (tertiary/aromatic N) is 1. The van der Waals surface area contributed by atoms with Gasteiger partial charge in [-0.15, -0.1) is 24.8 Å². The zero-order valence-electron chi connectivity index (χ0n) is 13.3. The van der Waals surface area contributed by atoms with Crippen LogP contribution in [-0.4, -0.2) is 38.2 Å². The van der Waals surface area contributed by atoms with Gasteiger partial charge in [-0.05, 0) is 24.1 Å². The average Bonchev–Trinajstić information content (AvgIpc) is 2.50. The molecule has 2 rings (SSSR count). The van der Waals surface area contributed by atoms with E-state index in [-0.39, 0.29) is 30.6 Å². The molecule has 1 aromatic rings. The van der Waals surface area contributed by atoms with Crippen molar-refractivity contribution >= 4 is 24.8 Å². The van der Waals surface area contributed by atoms with Crippen LogP contribution in [0.1, 0.15) is 37.8 Å². The first kappa shape index (κ1) is 21.4. The molecule has 1 aromatic carbocycles. The third-order valence-electron chi connectivity index (χ3n) is 3.98. The zero-order chi connectivity index (χ0) is 14.4. The minimum Gasteiger partial charge on any atom is -0.494 e. The normalized spacial score (nSPS) is 16.3. The van der Waals surface area contributed by atoms with Gasteiger partial charge in [0.1, 0.15) is 0 Å². The molecule has 1 saturated heterocycles. The van der Waals surface area contributed by atoms with E-state index in [1.807, 2.05) is 12.1 Å². The average molecular weight is 353 g/mol. The Labute approximate surface area is 145 Å². The first-order valence-electron chi connectivity index (χ1n) is 7.54. The SMILES string of the molecule is CCCC[C@@H](c1ccc(F)c(OC)c1)N1CCNCC1.Cl.Cl. The molecule has 0 unspecified atom stereocenters. The van der Waals surface area contributed by atoms with Crippen molar-refractivity contribution in [1.29, 1.82) is 0 Å². The predicted octanol–water partition coefficient (Wildman–Crippen LogP) is 3.81. The lowest BCUT2D eigenvalue weighted by Gasteiger charge is -2.35. The van der Waals surface area contributed by atoms with Crippen molar-refractivity contribution in [3.63, 3.8) is 0 Å². The van der Waals surface area contributed by atoms with E-state index in [0.717, 1.165) is 32.6 Å². The lowest BCUT2D eigenvalue weighted by Crippen LogP contribution is -2.45. The Hall–Kier alpha value is -0.550. The number of hydrogen-bond acceptors (Lipinski definition) is 3. The van der Waals surface area contributed by atoms with Crippen LogP contribution in [0.15, 0.2) is 18.2 Å². The molecule has 1 aliphatic heterocycles. The fourth-order valence-corrected chi connectivity index (χ4v) is 2.83. The summed E-state index contributed by atoms with van der Waals surface area (Å²) < 4.78 is 18.7. The minimum absolute atomic E-state index is 0. The van der Waals surface area contributed by atoms with Crippen molar-refractivity contribution in [1.82, 2.24) is 10.2 Å². The van der Waals surface area contributed by atoms with Gasteiger partial charge in [0.25, 0.3) is 0 Å². The number of benzene rings is 1. The smallest absolute Gasteiger partial charge is 0.165 e. The van der Waals surface area contributed by atoms with E-state index in [2.05, 4.69) is 17.1 Å². The van der Waals surface area contributed by atoms with Gasteiger partial charge in [0, 0.05) is 32.2 Å². The Kier molecular flexibility index (Phi) is 10.8. The van der Waals surface area contributed by atoms with Gasteiger partial charge in [-0.3, -0.25) is 4.90 Å². The Balaban J connectivity index is 0.00000220. The van der Waals surface area contributed by atoms with Gasteiger partial charge >= 0.3 is 0 Å². The molecule has 1 heterocycles. The summed E-state index contributed by atoms with van der Waals surface area (Å²) in [5.41, 5.74) is 1.17. The lowest BCUT2D eigenvalue weighted by atomic mass is 9.98. The summed E-state index contributed by atoms with van der Waals surface area (Å²) in [6.45, 7) is 6.37. The third-order valence-corrected chi connectivity index (χ3v) is 3.98. The maximum Gasteiger partial charge on any atom is 0.165 e. The molecule has 0 bridgehead atoms. The number of rotatable bonds is 6. The summed E-state index contributed by atoms with van der Waals surface area (Å²) in [6, 6.07) is 5.65. The highest BCUT2D eigenvalue weighted by molar-refractivity contribution is 5.85. The van der Waals surface area contributed by atoms with Crippen LogP contribution in [-0.2, 0) is 0 Å². The van der Waals surface area contributed by atoms with E-state index in [1.54, 1.807) is 0 Å². The van der Waals surface area contributed by atoms with Gasteiger partial charge in [-0.25, -0.2) is 4.39 Å². The quantitative estimate of drug-likeness (QED) is 0.842. The van der Waals surface area contributed by atoms with Crippen molar-refractivity contribution in [3.05, 3.63) is 29.6 Å². The molecule has 0 aromatic heterocycles. The summed E-state index contributed by atoms with van der Waals surface area (Å²) in [4.78, 5) is 2.50. The van der Waals surface area contributed by atoms with Crippen LogP contribution in [0.25, 0.3) is 0 Å². The van der Waals surface area contributed by atoms with Crippen LogP contribution in [0.4, 0.5) is 4.39 Å². The van der Waals surface area contributed by atoms with E-state index in [0.29, 0.717) is 11.8 Å². The fraction of sp³-hybridized carbons (Fsp3) is 0.625. The van der Waals surface area contributed by atoms with Crippen LogP contribution < -0.4 is 10.1 Å². The van der Waals surface area contributed by atoms with Gasteiger partial charge in [-0.1, -0.05) is 25.8 Å². The summed E-state index contributed by atoms with van der Waals surface area (Å²) in [5, 5.41) is 3.38. The number of methoxy groups -OCH3 is 1. The van der Waals surface area contributed by atoms with Crippen molar-refractivity contribution in [3.8, 4) is 5.75 Å². The van der Waals surface area contributed by atoms with Crippen LogP contribution in [0.5, 0.6) is 5.75 Å². The molecule has 128 valence electrons. The highest BCUT2D eigenvalue weighted by Crippen LogP contribution is 2.30. The first-order valence-corrected chi connectivity index (χ1v) is 7.54. The molecule has 0 saturated carbocycles. The minimum atomic E-state index is -0.286. The predicted molar refractivity (Wildman–Crippen MR) is 94.2 cm³/mol. The molecule has 0 aliphatic carbocycles. The molecular formula is C16H27Cl2FN2O.